The molecule has 1 rings (SSSR count). The van der Waals surface area contributed by atoms with Crippen LogP contribution in [0.4, 0.5) is 0 Å². The van der Waals surface area contributed by atoms with Crippen LogP contribution in [0.1, 0.15) is 44.6 Å². The predicted octanol–water partition coefficient (Wildman–Crippen LogP) is 4.45. The average molecular weight is 308 g/mol. The number of carbonyl (C=O) groups excluding carboxylic acids is 1. The molecule has 2 unspecified atom stereocenters. The predicted molar refractivity (Wildman–Crippen MR) is 76.2 cm³/mol. The number of hydrogen-bond donors (Lipinski definition) is 0. The largest absolute Gasteiger partial charge is 0.298 e. The highest BCUT2D eigenvalue weighted by Gasteiger charge is 2.24. The fourth-order valence-corrected chi connectivity index (χ4v) is 2.34. The van der Waals surface area contributed by atoms with Crippen LogP contribution in [-0.2, 0) is 4.79 Å². The summed E-state index contributed by atoms with van der Waals surface area (Å²) in [7, 11) is 0. The van der Waals surface area contributed by atoms with E-state index >= 15 is 0 Å². The Hall–Kier alpha value is -1.14. The van der Waals surface area contributed by atoms with Crippen molar-refractivity contribution in [3.63, 3.8) is 0 Å². The number of nitriles is 1. The molecule has 1 aromatic rings. The summed E-state index contributed by atoms with van der Waals surface area (Å²) in [4.78, 5) is 12.3. The third-order valence-electron chi connectivity index (χ3n) is 3.07. The van der Waals surface area contributed by atoms with Crippen LogP contribution in [0.5, 0.6) is 0 Å². The third-order valence-corrected chi connectivity index (χ3v) is 3.57. The van der Waals surface area contributed by atoms with E-state index in [1.165, 1.54) is 0 Å². The molecule has 0 heterocycles. The molecule has 0 aliphatic carbocycles. The van der Waals surface area contributed by atoms with Gasteiger partial charge in [0, 0.05) is 10.4 Å². The summed E-state index contributed by atoms with van der Waals surface area (Å²) < 4.78 is 0.897. The second-order valence-corrected chi connectivity index (χ2v) is 5.48. The molecule has 0 radical (unpaired) electrons. The van der Waals surface area contributed by atoms with Gasteiger partial charge in [0.05, 0.1) is 6.07 Å². The molecule has 2 atom stereocenters. The van der Waals surface area contributed by atoms with Gasteiger partial charge in [-0.25, -0.2) is 0 Å². The summed E-state index contributed by atoms with van der Waals surface area (Å²) in [5, 5.41) is 9.23. The normalized spacial score (nSPS) is 13.7. The number of unbranched alkanes of at least 4 members (excludes halogenated alkanes) is 1. The molecule has 0 bridgehead atoms. The number of carbonyl (C=O) groups is 1. The van der Waals surface area contributed by atoms with Gasteiger partial charge in [0.25, 0.3) is 0 Å². The second kappa shape index (κ2) is 7.33. The van der Waals surface area contributed by atoms with E-state index in [1.54, 1.807) is 0 Å². The van der Waals surface area contributed by atoms with Crippen LogP contribution < -0.4 is 0 Å². The van der Waals surface area contributed by atoms with Crippen molar-refractivity contribution in [1.82, 2.24) is 0 Å². The van der Waals surface area contributed by atoms with Gasteiger partial charge < -0.3 is 0 Å². The molecule has 1 aromatic carbocycles. The van der Waals surface area contributed by atoms with Gasteiger partial charge in [-0.1, -0.05) is 54.8 Å². The molecular formula is C15H18BrNO. The first-order chi connectivity index (χ1) is 8.60. The van der Waals surface area contributed by atoms with Gasteiger partial charge >= 0.3 is 0 Å². The first kappa shape index (κ1) is 14.9. The van der Waals surface area contributed by atoms with Crippen LogP contribution in [0.3, 0.4) is 0 Å². The number of benzene rings is 1. The molecule has 0 N–H and O–H groups in total. The van der Waals surface area contributed by atoms with Crippen molar-refractivity contribution in [2.45, 2.75) is 39.0 Å². The van der Waals surface area contributed by atoms with E-state index in [9.17, 15) is 10.1 Å². The van der Waals surface area contributed by atoms with Crippen molar-refractivity contribution in [3.8, 4) is 6.07 Å². The van der Waals surface area contributed by atoms with E-state index in [0.717, 1.165) is 29.3 Å². The molecule has 96 valence electrons. The van der Waals surface area contributed by atoms with Crippen molar-refractivity contribution in [3.05, 3.63) is 34.3 Å². The molecule has 3 heteroatoms. The zero-order chi connectivity index (χ0) is 13.5. The Morgan fingerprint density at radius 3 is 2.78 bits per heavy atom. The fraction of sp³-hybridized carbons (Fsp3) is 0.467. The SMILES string of the molecule is CCCCC(C)C(=O)C(C#N)c1cccc(Br)c1. The summed E-state index contributed by atoms with van der Waals surface area (Å²) >= 11 is 3.37. The lowest BCUT2D eigenvalue weighted by Crippen LogP contribution is -2.19. The van der Waals surface area contributed by atoms with Crippen molar-refractivity contribution >= 4 is 21.7 Å². The minimum absolute atomic E-state index is 0.0315. The number of Topliss-reactive ketones (excluding diaryl/α,β-unsaturated/α-hetero) is 1. The molecule has 0 saturated carbocycles. The van der Waals surface area contributed by atoms with Gasteiger partial charge in [-0.2, -0.15) is 5.26 Å². The highest BCUT2D eigenvalue weighted by molar-refractivity contribution is 9.10. The maximum atomic E-state index is 12.3. The Bertz CT molecular complexity index is 450. The van der Waals surface area contributed by atoms with Crippen molar-refractivity contribution in [2.75, 3.05) is 0 Å². The van der Waals surface area contributed by atoms with E-state index in [-0.39, 0.29) is 11.7 Å². The average Bonchev–Trinajstić information content (AvgIpc) is 2.36. The summed E-state index contributed by atoms with van der Waals surface area (Å²) in [6.07, 6.45) is 2.97. The number of halogens is 1. The Morgan fingerprint density at radius 1 is 1.50 bits per heavy atom. The minimum atomic E-state index is -0.644. The summed E-state index contributed by atoms with van der Waals surface area (Å²) in [5.41, 5.74) is 0.778. The Morgan fingerprint density at radius 2 is 2.22 bits per heavy atom. The van der Waals surface area contributed by atoms with E-state index < -0.39 is 5.92 Å². The Labute approximate surface area is 117 Å². The number of rotatable bonds is 6. The van der Waals surface area contributed by atoms with Crippen LogP contribution in [-0.4, -0.2) is 5.78 Å². The van der Waals surface area contributed by atoms with Crippen molar-refractivity contribution in [1.29, 1.82) is 5.26 Å². The summed E-state index contributed by atoms with van der Waals surface area (Å²) in [6, 6.07) is 9.56. The summed E-state index contributed by atoms with van der Waals surface area (Å²) in [5.74, 6) is -0.660. The standard InChI is InChI=1S/C15H18BrNO/c1-3-4-6-11(2)15(18)14(10-17)12-7-5-8-13(16)9-12/h5,7-9,11,14H,3-4,6H2,1-2H3. The molecule has 0 amide bonds. The van der Waals surface area contributed by atoms with E-state index in [2.05, 4.69) is 28.9 Å². The van der Waals surface area contributed by atoms with Crippen molar-refractivity contribution < 1.29 is 4.79 Å². The molecule has 18 heavy (non-hydrogen) atoms. The number of ketones is 1. The second-order valence-electron chi connectivity index (χ2n) is 4.56. The number of nitrogens with zero attached hydrogens (tertiary/aromatic N) is 1. The molecule has 0 spiro atoms. The van der Waals surface area contributed by atoms with Crippen LogP contribution in [0, 0.1) is 17.2 Å². The van der Waals surface area contributed by atoms with Gasteiger partial charge in [-0.05, 0) is 24.1 Å². The van der Waals surface area contributed by atoms with Gasteiger partial charge in [0.15, 0.2) is 5.78 Å². The highest BCUT2D eigenvalue weighted by atomic mass is 79.9. The van der Waals surface area contributed by atoms with Gasteiger partial charge in [0.2, 0.25) is 0 Å². The smallest absolute Gasteiger partial charge is 0.157 e. The van der Waals surface area contributed by atoms with Crippen LogP contribution in [0.2, 0.25) is 0 Å². The first-order valence-corrected chi connectivity index (χ1v) is 7.08. The lowest BCUT2D eigenvalue weighted by molar-refractivity contribution is -0.122. The van der Waals surface area contributed by atoms with Crippen molar-refractivity contribution in [2.24, 2.45) is 5.92 Å². The first-order valence-electron chi connectivity index (χ1n) is 6.29. The highest BCUT2D eigenvalue weighted by Crippen LogP contribution is 2.24. The third kappa shape index (κ3) is 3.96. The maximum absolute atomic E-state index is 12.3. The zero-order valence-corrected chi connectivity index (χ0v) is 12.4. The van der Waals surface area contributed by atoms with E-state index in [4.69, 9.17) is 0 Å². The lowest BCUT2D eigenvalue weighted by Gasteiger charge is -2.14. The quantitative estimate of drug-likeness (QED) is 0.779. The van der Waals surface area contributed by atoms with E-state index in [0.29, 0.717) is 0 Å². The van der Waals surface area contributed by atoms with Crippen LogP contribution >= 0.6 is 15.9 Å². The van der Waals surface area contributed by atoms with Gasteiger partial charge in [-0.3, -0.25) is 4.79 Å². The van der Waals surface area contributed by atoms with Gasteiger partial charge in [0.1, 0.15) is 5.92 Å². The minimum Gasteiger partial charge on any atom is -0.298 e. The molecule has 0 saturated heterocycles. The number of hydrogen-bond acceptors (Lipinski definition) is 2. The lowest BCUT2D eigenvalue weighted by atomic mass is 9.87. The molecule has 0 aliphatic rings. The topological polar surface area (TPSA) is 40.9 Å². The van der Waals surface area contributed by atoms with Gasteiger partial charge in [-0.15, -0.1) is 0 Å². The molecule has 2 nitrogen and oxygen atoms in total. The fourth-order valence-electron chi connectivity index (χ4n) is 1.93. The molecule has 0 fully saturated rings. The molecular weight excluding hydrogens is 290 g/mol. The summed E-state index contributed by atoms with van der Waals surface area (Å²) in [6.45, 7) is 4.02. The monoisotopic (exact) mass is 307 g/mol. The van der Waals surface area contributed by atoms with Crippen LogP contribution in [0.25, 0.3) is 0 Å². The molecule has 0 aliphatic heterocycles. The van der Waals surface area contributed by atoms with Crippen LogP contribution in [0.15, 0.2) is 28.7 Å². The maximum Gasteiger partial charge on any atom is 0.157 e. The zero-order valence-electron chi connectivity index (χ0n) is 10.8. The van der Waals surface area contributed by atoms with E-state index in [1.807, 2.05) is 31.2 Å². The molecule has 0 aromatic heterocycles. The Balaban J connectivity index is 2.84. The Kier molecular flexibility index (Phi) is 6.07.